The highest BCUT2D eigenvalue weighted by Gasteiger charge is 2.42. The summed E-state index contributed by atoms with van der Waals surface area (Å²) in [7, 11) is 0. The van der Waals surface area contributed by atoms with Gasteiger partial charge in [-0.15, -0.1) is 0 Å². The van der Waals surface area contributed by atoms with Crippen LogP contribution in [0.3, 0.4) is 0 Å². The van der Waals surface area contributed by atoms with E-state index in [0.717, 1.165) is 19.6 Å². The molecule has 1 fully saturated rings. The van der Waals surface area contributed by atoms with Gasteiger partial charge in [-0.25, -0.2) is 0 Å². The molecule has 2 rings (SSSR count). The SMILES string of the molecule is C[C@@H]1C=C[C@@H]2CNC[C@@]2(CN)N1. The maximum absolute atomic E-state index is 5.80. The fraction of sp³-hybridized carbons (Fsp3) is 0.778. The number of nitrogens with one attached hydrogen (secondary N) is 2. The first-order valence-corrected chi connectivity index (χ1v) is 4.64. The second kappa shape index (κ2) is 2.83. The number of rotatable bonds is 1. The lowest BCUT2D eigenvalue weighted by molar-refractivity contribution is 0.282. The van der Waals surface area contributed by atoms with Gasteiger partial charge in [0.15, 0.2) is 0 Å². The smallest absolute Gasteiger partial charge is 0.0510 e. The van der Waals surface area contributed by atoms with Crippen molar-refractivity contribution in [2.45, 2.75) is 18.5 Å². The first-order valence-electron chi connectivity index (χ1n) is 4.64. The molecular formula is C9H17N3. The van der Waals surface area contributed by atoms with Gasteiger partial charge >= 0.3 is 0 Å². The molecule has 3 nitrogen and oxygen atoms in total. The van der Waals surface area contributed by atoms with Crippen molar-refractivity contribution in [3.63, 3.8) is 0 Å². The van der Waals surface area contributed by atoms with E-state index in [1.54, 1.807) is 0 Å². The summed E-state index contributed by atoms with van der Waals surface area (Å²) < 4.78 is 0. The van der Waals surface area contributed by atoms with Crippen LogP contribution in [0.15, 0.2) is 12.2 Å². The van der Waals surface area contributed by atoms with Gasteiger partial charge in [0.25, 0.3) is 0 Å². The van der Waals surface area contributed by atoms with Gasteiger partial charge in [-0.3, -0.25) is 0 Å². The first-order chi connectivity index (χ1) is 5.77. The van der Waals surface area contributed by atoms with Crippen LogP contribution < -0.4 is 16.4 Å². The molecule has 12 heavy (non-hydrogen) atoms. The zero-order valence-electron chi connectivity index (χ0n) is 7.51. The summed E-state index contributed by atoms with van der Waals surface area (Å²) >= 11 is 0. The molecule has 2 aliphatic rings. The van der Waals surface area contributed by atoms with Crippen LogP contribution in [0.4, 0.5) is 0 Å². The maximum Gasteiger partial charge on any atom is 0.0510 e. The lowest BCUT2D eigenvalue weighted by Gasteiger charge is -2.38. The maximum atomic E-state index is 5.80. The fourth-order valence-corrected chi connectivity index (χ4v) is 2.27. The van der Waals surface area contributed by atoms with Gasteiger partial charge in [0.2, 0.25) is 0 Å². The molecule has 0 unspecified atom stereocenters. The van der Waals surface area contributed by atoms with Gasteiger partial charge in [-0.1, -0.05) is 12.2 Å². The molecule has 0 aromatic rings. The summed E-state index contributed by atoms with van der Waals surface area (Å²) in [5.74, 6) is 0.582. The predicted octanol–water partition coefficient (Wildman–Crippen LogP) is -0.549. The lowest BCUT2D eigenvalue weighted by Crippen LogP contribution is -2.60. The van der Waals surface area contributed by atoms with Gasteiger partial charge in [0, 0.05) is 31.6 Å². The topological polar surface area (TPSA) is 50.1 Å². The molecule has 0 spiro atoms. The van der Waals surface area contributed by atoms with E-state index in [9.17, 15) is 0 Å². The number of fused-ring (bicyclic) bond motifs is 1. The summed E-state index contributed by atoms with van der Waals surface area (Å²) in [4.78, 5) is 0. The third-order valence-electron chi connectivity index (χ3n) is 3.03. The molecule has 0 aromatic carbocycles. The Bertz CT molecular complexity index is 202. The minimum Gasteiger partial charge on any atom is -0.329 e. The monoisotopic (exact) mass is 167 g/mol. The minimum absolute atomic E-state index is 0.133. The second-order valence-electron chi connectivity index (χ2n) is 3.92. The molecule has 3 atom stereocenters. The van der Waals surface area contributed by atoms with Crippen LogP contribution in [0.25, 0.3) is 0 Å². The van der Waals surface area contributed by atoms with Crippen molar-refractivity contribution >= 4 is 0 Å². The molecule has 0 bridgehead atoms. The molecule has 4 N–H and O–H groups in total. The summed E-state index contributed by atoms with van der Waals surface area (Å²) in [5, 5.41) is 6.95. The Morgan fingerprint density at radius 1 is 1.58 bits per heavy atom. The van der Waals surface area contributed by atoms with E-state index in [2.05, 4.69) is 29.7 Å². The average molecular weight is 167 g/mol. The molecule has 0 aliphatic carbocycles. The van der Waals surface area contributed by atoms with E-state index >= 15 is 0 Å². The van der Waals surface area contributed by atoms with Gasteiger partial charge in [-0.05, 0) is 6.92 Å². The molecule has 68 valence electrons. The normalized spacial score (nSPS) is 46.2. The van der Waals surface area contributed by atoms with E-state index in [4.69, 9.17) is 5.73 Å². The molecule has 2 aliphatic heterocycles. The Kier molecular flexibility index (Phi) is 1.94. The Labute approximate surface area is 73.4 Å². The van der Waals surface area contributed by atoms with Crippen molar-refractivity contribution in [1.29, 1.82) is 0 Å². The standard InChI is InChI=1S/C9H17N3/c1-7-2-3-8-4-11-6-9(8,5-10)12-7/h2-3,7-8,11-12H,4-6,10H2,1H3/t7-,8-,9-/m1/s1. The van der Waals surface area contributed by atoms with Crippen molar-refractivity contribution in [3.05, 3.63) is 12.2 Å². The molecular weight excluding hydrogens is 150 g/mol. The summed E-state index contributed by atoms with van der Waals surface area (Å²) in [6.45, 7) is 4.96. The summed E-state index contributed by atoms with van der Waals surface area (Å²) in [5.41, 5.74) is 5.94. The van der Waals surface area contributed by atoms with Gasteiger partial charge in [0.05, 0.1) is 5.54 Å². The van der Waals surface area contributed by atoms with E-state index in [-0.39, 0.29) is 5.54 Å². The molecule has 0 amide bonds. The third kappa shape index (κ3) is 1.09. The number of hydrogen-bond acceptors (Lipinski definition) is 3. The zero-order chi connectivity index (χ0) is 8.60. The van der Waals surface area contributed by atoms with Crippen molar-refractivity contribution in [1.82, 2.24) is 10.6 Å². The second-order valence-corrected chi connectivity index (χ2v) is 3.92. The van der Waals surface area contributed by atoms with Crippen LogP contribution in [0, 0.1) is 5.92 Å². The quantitative estimate of drug-likeness (QED) is 0.459. The number of hydrogen-bond donors (Lipinski definition) is 3. The van der Waals surface area contributed by atoms with Gasteiger partial charge in [0.1, 0.15) is 0 Å². The fourth-order valence-electron chi connectivity index (χ4n) is 2.27. The van der Waals surface area contributed by atoms with E-state index < -0.39 is 0 Å². The number of nitrogens with two attached hydrogens (primary N) is 1. The predicted molar refractivity (Wildman–Crippen MR) is 49.9 cm³/mol. The third-order valence-corrected chi connectivity index (χ3v) is 3.03. The first kappa shape index (κ1) is 8.23. The zero-order valence-corrected chi connectivity index (χ0v) is 7.51. The van der Waals surface area contributed by atoms with Crippen molar-refractivity contribution in [2.24, 2.45) is 11.7 Å². The van der Waals surface area contributed by atoms with Crippen LogP contribution in [-0.2, 0) is 0 Å². The molecule has 0 radical (unpaired) electrons. The van der Waals surface area contributed by atoms with E-state index in [1.165, 1.54) is 0 Å². The molecule has 2 heterocycles. The average Bonchev–Trinajstić information content (AvgIpc) is 2.47. The lowest BCUT2D eigenvalue weighted by atomic mass is 9.83. The van der Waals surface area contributed by atoms with Crippen molar-refractivity contribution < 1.29 is 0 Å². The van der Waals surface area contributed by atoms with Gasteiger partial charge < -0.3 is 16.4 Å². The van der Waals surface area contributed by atoms with Crippen LogP contribution in [0.2, 0.25) is 0 Å². The van der Waals surface area contributed by atoms with E-state index in [1.807, 2.05) is 0 Å². The molecule has 1 saturated heterocycles. The van der Waals surface area contributed by atoms with E-state index in [0.29, 0.717) is 12.0 Å². The van der Waals surface area contributed by atoms with Crippen molar-refractivity contribution in [2.75, 3.05) is 19.6 Å². The Hall–Kier alpha value is -0.380. The Morgan fingerprint density at radius 3 is 3.17 bits per heavy atom. The van der Waals surface area contributed by atoms with Crippen LogP contribution in [0.5, 0.6) is 0 Å². The van der Waals surface area contributed by atoms with Crippen LogP contribution in [0.1, 0.15) is 6.92 Å². The Morgan fingerprint density at radius 2 is 2.42 bits per heavy atom. The van der Waals surface area contributed by atoms with Gasteiger partial charge in [-0.2, -0.15) is 0 Å². The minimum atomic E-state index is 0.133. The highest BCUT2D eigenvalue weighted by atomic mass is 15.1. The summed E-state index contributed by atoms with van der Waals surface area (Å²) in [6.07, 6.45) is 4.53. The van der Waals surface area contributed by atoms with Crippen LogP contribution >= 0.6 is 0 Å². The summed E-state index contributed by atoms with van der Waals surface area (Å²) in [6, 6.07) is 0.463. The highest BCUT2D eigenvalue weighted by molar-refractivity contribution is 5.17. The van der Waals surface area contributed by atoms with Crippen LogP contribution in [-0.4, -0.2) is 31.2 Å². The highest BCUT2D eigenvalue weighted by Crippen LogP contribution is 2.26. The molecule has 3 heteroatoms. The largest absolute Gasteiger partial charge is 0.329 e. The van der Waals surface area contributed by atoms with Crippen molar-refractivity contribution in [3.8, 4) is 0 Å². The molecule has 0 saturated carbocycles. The molecule has 0 aromatic heterocycles. The Balaban J connectivity index is 2.23.